The molecule has 0 aliphatic carbocycles. The molecular weight excluding hydrogens is 158 g/mol. The van der Waals surface area contributed by atoms with E-state index in [1.807, 2.05) is 0 Å². The van der Waals surface area contributed by atoms with E-state index in [4.69, 9.17) is 11.6 Å². The highest BCUT2D eigenvalue weighted by Gasteiger charge is 1.98. The zero-order chi connectivity index (χ0) is 8.69. The minimum absolute atomic E-state index is 0.693. The number of nitrogens with zero attached hydrogens (tertiary/aromatic N) is 1. The Hall–Kier alpha value is 0.250. The molecule has 0 aliphatic rings. The molecule has 2 heteroatoms. The van der Waals surface area contributed by atoms with Crippen LogP contribution >= 0.6 is 11.6 Å². The predicted octanol–water partition coefficient (Wildman–Crippen LogP) is 2.59. The van der Waals surface area contributed by atoms with Crippen LogP contribution in [0.4, 0.5) is 0 Å². The number of halogens is 1. The van der Waals surface area contributed by atoms with Crippen LogP contribution in [0.5, 0.6) is 0 Å². The van der Waals surface area contributed by atoms with E-state index in [-0.39, 0.29) is 0 Å². The van der Waals surface area contributed by atoms with Crippen molar-refractivity contribution in [3.8, 4) is 0 Å². The maximum Gasteiger partial charge on any atom is 0.0249 e. The van der Waals surface area contributed by atoms with Crippen molar-refractivity contribution in [2.75, 3.05) is 26.5 Å². The van der Waals surface area contributed by atoms with Crippen LogP contribution in [-0.4, -0.2) is 31.4 Å². The molecule has 0 bridgehead atoms. The summed E-state index contributed by atoms with van der Waals surface area (Å²) in [7, 11) is 4.23. The number of unbranched alkanes of at least 4 members (excludes halogenated alkanes) is 1. The van der Waals surface area contributed by atoms with E-state index in [9.17, 15) is 0 Å². The Bertz CT molecular complexity index is 83.6. The first-order valence-electron chi connectivity index (χ1n) is 4.37. The highest BCUT2D eigenvalue weighted by Crippen LogP contribution is 2.08. The summed E-state index contributed by atoms with van der Waals surface area (Å²) in [6.07, 6.45) is 3.89. The smallest absolute Gasteiger partial charge is 0.0249 e. The van der Waals surface area contributed by atoms with Crippen LogP contribution in [0, 0.1) is 5.92 Å². The van der Waals surface area contributed by atoms with Gasteiger partial charge in [0.15, 0.2) is 0 Å². The third-order valence-electron chi connectivity index (χ3n) is 1.82. The molecule has 0 fully saturated rings. The van der Waals surface area contributed by atoms with Crippen LogP contribution in [0.25, 0.3) is 0 Å². The largest absolute Gasteiger partial charge is 0.309 e. The predicted molar refractivity (Wildman–Crippen MR) is 52.3 cm³/mol. The van der Waals surface area contributed by atoms with Crippen molar-refractivity contribution in [3.05, 3.63) is 0 Å². The molecule has 1 nitrogen and oxygen atoms in total. The summed E-state index contributed by atoms with van der Waals surface area (Å²) in [6.45, 7) is 3.41. The van der Waals surface area contributed by atoms with Crippen LogP contribution in [0.15, 0.2) is 0 Å². The molecule has 0 saturated carbocycles. The lowest BCUT2D eigenvalue weighted by atomic mass is 10.1. The van der Waals surface area contributed by atoms with Crippen molar-refractivity contribution in [3.63, 3.8) is 0 Å². The van der Waals surface area contributed by atoms with Crippen LogP contribution in [0.1, 0.15) is 26.2 Å². The van der Waals surface area contributed by atoms with E-state index in [1.165, 1.54) is 25.8 Å². The van der Waals surface area contributed by atoms with Gasteiger partial charge >= 0.3 is 0 Å². The molecule has 0 radical (unpaired) electrons. The van der Waals surface area contributed by atoms with E-state index in [1.54, 1.807) is 0 Å². The Kier molecular flexibility index (Phi) is 7.09. The second-order valence-electron chi connectivity index (χ2n) is 3.56. The summed E-state index contributed by atoms with van der Waals surface area (Å²) in [5, 5.41) is 0. The Morgan fingerprint density at radius 2 is 1.91 bits per heavy atom. The minimum Gasteiger partial charge on any atom is -0.309 e. The molecule has 0 spiro atoms. The summed E-state index contributed by atoms with van der Waals surface area (Å²) in [4.78, 5) is 2.23. The zero-order valence-electron chi connectivity index (χ0n) is 7.94. The van der Waals surface area contributed by atoms with Crippen LogP contribution in [-0.2, 0) is 0 Å². The molecule has 0 aromatic rings. The van der Waals surface area contributed by atoms with Gasteiger partial charge in [0.05, 0.1) is 0 Å². The molecule has 68 valence electrons. The molecule has 0 N–H and O–H groups in total. The fourth-order valence-electron chi connectivity index (χ4n) is 0.998. The van der Waals surface area contributed by atoms with Gasteiger partial charge in [-0.25, -0.2) is 0 Å². The standard InChI is InChI=1S/C9H20ClN/c1-9(8-10)6-4-5-7-11(2)3/h9H,4-8H2,1-3H3. The topological polar surface area (TPSA) is 3.24 Å². The third kappa shape index (κ3) is 8.15. The lowest BCUT2D eigenvalue weighted by Crippen LogP contribution is -2.13. The van der Waals surface area contributed by atoms with Crippen molar-refractivity contribution in [2.45, 2.75) is 26.2 Å². The first-order valence-corrected chi connectivity index (χ1v) is 4.91. The van der Waals surface area contributed by atoms with E-state index < -0.39 is 0 Å². The first kappa shape index (κ1) is 11.2. The van der Waals surface area contributed by atoms with Gasteiger partial charge in [0.25, 0.3) is 0 Å². The van der Waals surface area contributed by atoms with Crippen molar-refractivity contribution in [1.29, 1.82) is 0 Å². The number of hydrogen-bond donors (Lipinski definition) is 0. The maximum atomic E-state index is 5.68. The number of rotatable bonds is 6. The molecule has 0 amide bonds. The summed E-state index contributed by atoms with van der Waals surface area (Å²) in [5.74, 6) is 1.50. The van der Waals surface area contributed by atoms with Crippen LogP contribution < -0.4 is 0 Å². The maximum absolute atomic E-state index is 5.68. The first-order chi connectivity index (χ1) is 5.16. The normalized spacial score (nSPS) is 13.9. The summed E-state index contributed by atoms with van der Waals surface area (Å²) < 4.78 is 0. The summed E-state index contributed by atoms with van der Waals surface area (Å²) in [5.41, 5.74) is 0. The van der Waals surface area contributed by atoms with E-state index in [2.05, 4.69) is 25.9 Å². The minimum atomic E-state index is 0.693. The Morgan fingerprint density at radius 3 is 2.36 bits per heavy atom. The highest BCUT2D eigenvalue weighted by molar-refractivity contribution is 6.18. The van der Waals surface area contributed by atoms with E-state index >= 15 is 0 Å². The van der Waals surface area contributed by atoms with E-state index in [0.717, 1.165) is 5.88 Å². The van der Waals surface area contributed by atoms with Gasteiger partial charge in [-0.2, -0.15) is 0 Å². The highest BCUT2D eigenvalue weighted by atomic mass is 35.5. The third-order valence-corrected chi connectivity index (χ3v) is 2.34. The molecule has 0 rings (SSSR count). The molecule has 11 heavy (non-hydrogen) atoms. The average Bonchev–Trinajstić information content (AvgIpc) is 1.97. The van der Waals surface area contributed by atoms with Gasteiger partial charge in [0.1, 0.15) is 0 Å². The van der Waals surface area contributed by atoms with Crippen molar-refractivity contribution >= 4 is 11.6 Å². The lowest BCUT2D eigenvalue weighted by molar-refractivity contribution is 0.384. The van der Waals surface area contributed by atoms with Gasteiger partial charge in [-0.15, -0.1) is 11.6 Å². The van der Waals surface area contributed by atoms with Crippen molar-refractivity contribution in [2.24, 2.45) is 5.92 Å². The van der Waals surface area contributed by atoms with Gasteiger partial charge in [0, 0.05) is 5.88 Å². The van der Waals surface area contributed by atoms with Gasteiger partial charge < -0.3 is 4.90 Å². The van der Waals surface area contributed by atoms with Gasteiger partial charge in [-0.1, -0.05) is 13.3 Å². The molecule has 0 aliphatic heterocycles. The second kappa shape index (κ2) is 6.93. The van der Waals surface area contributed by atoms with E-state index in [0.29, 0.717) is 5.92 Å². The molecular formula is C9H20ClN. The fourth-order valence-corrected chi connectivity index (χ4v) is 1.15. The average molecular weight is 178 g/mol. The second-order valence-corrected chi connectivity index (χ2v) is 3.87. The molecule has 0 aromatic heterocycles. The Balaban J connectivity index is 3.01. The SMILES string of the molecule is CC(CCl)CCCCN(C)C. The van der Waals surface area contributed by atoms with Gasteiger partial charge in [0.2, 0.25) is 0 Å². The quantitative estimate of drug-likeness (QED) is 0.446. The summed E-state index contributed by atoms with van der Waals surface area (Å²) in [6, 6.07) is 0. The number of alkyl halides is 1. The molecule has 0 heterocycles. The molecule has 0 saturated heterocycles. The van der Waals surface area contributed by atoms with Crippen molar-refractivity contribution in [1.82, 2.24) is 4.90 Å². The summed E-state index contributed by atoms with van der Waals surface area (Å²) >= 11 is 5.68. The number of hydrogen-bond acceptors (Lipinski definition) is 1. The molecule has 0 aromatic carbocycles. The monoisotopic (exact) mass is 177 g/mol. The Labute approximate surface area is 75.7 Å². The molecule has 1 atom stereocenters. The Morgan fingerprint density at radius 1 is 1.27 bits per heavy atom. The lowest BCUT2D eigenvalue weighted by Gasteiger charge is -2.10. The zero-order valence-corrected chi connectivity index (χ0v) is 8.69. The van der Waals surface area contributed by atoms with Gasteiger partial charge in [-0.3, -0.25) is 0 Å². The molecule has 1 unspecified atom stereocenters. The van der Waals surface area contributed by atoms with Gasteiger partial charge in [-0.05, 0) is 39.4 Å². The van der Waals surface area contributed by atoms with Crippen LogP contribution in [0.3, 0.4) is 0 Å². The van der Waals surface area contributed by atoms with Crippen molar-refractivity contribution < 1.29 is 0 Å². The van der Waals surface area contributed by atoms with Crippen LogP contribution in [0.2, 0.25) is 0 Å². The fraction of sp³-hybridized carbons (Fsp3) is 1.00.